The van der Waals surface area contributed by atoms with E-state index in [0.717, 1.165) is 17.0 Å². The zero-order valence-electron chi connectivity index (χ0n) is 11.8. The second kappa shape index (κ2) is 5.88. The van der Waals surface area contributed by atoms with E-state index >= 15 is 0 Å². The molecule has 3 aromatic rings. The highest BCUT2D eigenvalue weighted by atomic mass is 35.5. The Morgan fingerprint density at radius 1 is 1.19 bits per heavy atom. The van der Waals surface area contributed by atoms with Crippen LogP contribution < -0.4 is 0 Å². The summed E-state index contributed by atoms with van der Waals surface area (Å²) in [5, 5.41) is 11.0. The van der Waals surface area contributed by atoms with Crippen molar-refractivity contribution in [2.24, 2.45) is 0 Å². The molecule has 1 N–H and O–H groups in total. The number of benzene rings is 1. The van der Waals surface area contributed by atoms with E-state index in [0.29, 0.717) is 17.9 Å². The highest BCUT2D eigenvalue weighted by Crippen LogP contribution is 2.26. The third kappa shape index (κ3) is 2.80. The molecule has 0 radical (unpaired) electrons. The minimum Gasteiger partial charge on any atom is -0.387 e. The summed E-state index contributed by atoms with van der Waals surface area (Å²) in [4.78, 5) is 4.66. The maximum absolute atomic E-state index is 10.4. The predicted molar refractivity (Wildman–Crippen MR) is 84.7 cm³/mol. The molecule has 1 aromatic carbocycles. The molecular formula is C17H17ClN2O. The van der Waals surface area contributed by atoms with Crippen molar-refractivity contribution in [2.75, 3.05) is 0 Å². The van der Waals surface area contributed by atoms with Crippen LogP contribution in [0, 0.1) is 0 Å². The number of fused-ring (bicyclic) bond motifs is 1. The number of aliphatic hydroxyl groups excluding tert-OH is 1. The van der Waals surface area contributed by atoms with E-state index in [2.05, 4.69) is 17.1 Å². The van der Waals surface area contributed by atoms with Gasteiger partial charge in [0.15, 0.2) is 0 Å². The monoisotopic (exact) mass is 300 g/mol. The summed E-state index contributed by atoms with van der Waals surface area (Å²) in [6.45, 7) is 1.96. The van der Waals surface area contributed by atoms with Gasteiger partial charge in [-0.15, -0.1) is 0 Å². The highest BCUT2D eigenvalue weighted by Gasteiger charge is 2.18. The Balaban J connectivity index is 2.12. The Kier molecular flexibility index (Phi) is 3.95. The Morgan fingerprint density at radius 2 is 1.95 bits per heavy atom. The summed E-state index contributed by atoms with van der Waals surface area (Å²) < 4.78 is 1.90. The summed E-state index contributed by atoms with van der Waals surface area (Å²) in [7, 11) is 0. The Labute approximate surface area is 128 Å². The summed E-state index contributed by atoms with van der Waals surface area (Å²) in [5.74, 6) is 0. The third-order valence-electron chi connectivity index (χ3n) is 3.61. The second-order valence-corrected chi connectivity index (χ2v) is 5.54. The van der Waals surface area contributed by atoms with Crippen molar-refractivity contribution in [2.45, 2.75) is 25.9 Å². The molecule has 0 aliphatic rings. The van der Waals surface area contributed by atoms with Crippen molar-refractivity contribution < 1.29 is 5.11 Å². The van der Waals surface area contributed by atoms with Crippen LogP contribution in [0.1, 0.15) is 36.4 Å². The van der Waals surface area contributed by atoms with Gasteiger partial charge in [-0.3, -0.25) is 4.40 Å². The summed E-state index contributed by atoms with van der Waals surface area (Å²) in [6.07, 6.45) is 2.61. The van der Waals surface area contributed by atoms with Gasteiger partial charge < -0.3 is 5.11 Å². The van der Waals surface area contributed by atoms with Crippen LogP contribution in [0.5, 0.6) is 0 Å². The van der Waals surface area contributed by atoms with Gasteiger partial charge in [-0.2, -0.15) is 0 Å². The molecular weight excluding hydrogens is 284 g/mol. The van der Waals surface area contributed by atoms with Crippen LogP contribution in [0.25, 0.3) is 5.65 Å². The average molecular weight is 301 g/mol. The van der Waals surface area contributed by atoms with Crippen LogP contribution >= 0.6 is 11.6 Å². The van der Waals surface area contributed by atoms with Crippen LogP contribution in [-0.4, -0.2) is 14.5 Å². The molecule has 0 bridgehead atoms. The molecule has 0 saturated heterocycles. The van der Waals surface area contributed by atoms with E-state index in [1.54, 1.807) is 0 Å². The Morgan fingerprint density at radius 3 is 2.67 bits per heavy atom. The summed E-state index contributed by atoms with van der Waals surface area (Å²) in [6, 6.07) is 13.9. The van der Waals surface area contributed by atoms with E-state index in [1.807, 2.05) is 47.9 Å². The van der Waals surface area contributed by atoms with Gasteiger partial charge in [0.1, 0.15) is 5.65 Å². The minimum absolute atomic E-state index is 0.544. The molecule has 0 fully saturated rings. The fraction of sp³-hybridized carbons (Fsp3) is 0.235. The molecule has 4 heteroatoms. The van der Waals surface area contributed by atoms with Crippen LogP contribution in [-0.2, 0) is 6.42 Å². The number of hydrogen-bond donors (Lipinski definition) is 1. The van der Waals surface area contributed by atoms with E-state index in [-0.39, 0.29) is 0 Å². The van der Waals surface area contributed by atoms with Gasteiger partial charge in [0.05, 0.1) is 22.5 Å². The number of aromatic nitrogens is 2. The lowest BCUT2D eigenvalue weighted by Crippen LogP contribution is -2.04. The van der Waals surface area contributed by atoms with Gasteiger partial charge >= 0.3 is 0 Å². The van der Waals surface area contributed by atoms with Gasteiger partial charge in [0.25, 0.3) is 0 Å². The number of rotatable bonds is 4. The average Bonchev–Trinajstić information content (AvgIpc) is 2.84. The first-order valence-electron chi connectivity index (χ1n) is 7.07. The fourth-order valence-corrected chi connectivity index (χ4v) is 2.71. The summed E-state index contributed by atoms with van der Waals surface area (Å²) >= 11 is 6.08. The van der Waals surface area contributed by atoms with Crippen molar-refractivity contribution in [1.29, 1.82) is 0 Å². The normalized spacial score (nSPS) is 12.7. The van der Waals surface area contributed by atoms with Crippen molar-refractivity contribution in [3.63, 3.8) is 0 Å². The van der Waals surface area contributed by atoms with Gasteiger partial charge in [-0.05, 0) is 24.1 Å². The van der Waals surface area contributed by atoms with Crippen molar-refractivity contribution in [3.8, 4) is 0 Å². The molecule has 1 unspecified atom stereocenters. The molecule has 0 spiro atoms. The molecule has 0 aliphatic carbocycles. The number of hydrogen-bond acceptors (Lipinski definition) is 2. The topological polar surface area (TPSA) is 37.5 Å². The van der Waals surface area contributed by atoms with E-state index in [1.165, 1.54) is 5.56 Å². The van der Waals surface area contributed by atoms with Gasteiger partial charge in [-0.25, -0.2) is 4.98 Å². The first kappa shape index (κ1) is 14.1. The first-order valence-corrected chi connectivity index (χ1v) is 7.45. The molecule has 0 amide bonds. The molecule has 0 saturated carbocycles. The number of nitrogens with zero attached hydrogens (tertiary/aromatic N) is 2. The van der Waals surface area contributed by atoms with Crippen LogP contribution in [0.3, 0.4) is 0 Å². The number of halogens is 1. The number of aliphatic hydroxyl groups is 1. The fourth-order valence-electron chi connectivity index (χ4n) is 2.55. The Hall–Kier alpha value is -1.84. The zero-order chi connectivity index (χ0) is 14.8. The predicted octanol–water partition coefficient (Wildman–Crippen LogP) is 4.02. The molecule has 108 valence electrons. The molecule has 2 aromatic heterocycles. The zero-order valence-corrected chi connectivity index (χ0v) is 12.6. The maximum atomic E-state index is 10.4. The quantitative estimate of drug-likeness (QED) is 0.790. The lowest BCUT2D eigenvalue weighted by Gasteiger charge is -2.11. The van der Waals surface area contributed by atoms with Crippen LogP contribution in [0.4, 0.5) is 0 Å². The van der Waals surface area contributed by atoms with Gasteiger partial charge in [0.2, 0.25) is 0 Å². The van der Waals surface area contributed by atoms with Crippen LogP contribution in [0.2, 0.25) is 5.02 Å². The van der Waals surface area contributed by atoms with E-state index < -0.39 is 6.10 Å². The second-order valence-electron chi connectivity index (χ2n) is 5.11. The Bertz CT molecular complexity index is 752. The standard InChI is InChI=1S/C17H17ClN2O/c1-2-15(21)17-14(10-12-6-4-3-5-7-12)19-16-9-8-13(18)11-20(16)17/h3-9,11,15,21H,2,10H2,1H3. The van der Waals surface area contributed by atoms with Crippen molar-refractivity contribution >= 4 is 17.2 Å². The van der Waals surface area contributed by atoms with Gasteiger partial charge in [0, 0.05) is 12.6 Å². The molecule has 3 nitrogen and oxygen atoms in total. The minimum atomic E-state index is -0.544. The molecule has 3 rings (SSSR count). The molecule has 1 atom stereocenters. The molecule has 0 aliphatic heterocycles. The smallest absolute Gasteiger partial charge is 0.137 e. The van der Waals surface area contributed by atoms with Gasteiger partial charge in [-0.1, -0.05) is 48.9 Å². The molecule has 21 heavy (non-hydrogen) atoms. The largest absolute Gasteiger partial charge is 0.387 e. The third-order valence-corrected chi connectivity index (χ3v) is 3.84. The lowest BCUT2D eigenvalue weighted by atomic mass is 10.1. The number of pyridine rings is 1. The lowest BCUT2D eigenvalue weighted by molar-refractivity contribution is 0.167. The van der Waals surface area contributed by atoms with E-state index in [4.69, 9.17) is 11.6 Å². The van der Waals surface area contributed by atoms with Crippen LogP contribution in [0.15, 0.2) is 48.7 Å². The SMILES string of the molecule is CCC(O)c1c(Cc2ccccc2)nc2ccc(Cl)cn12. The summed E-state index contributed by atoms with van der Waals surface area (Å²) in [5.41, 5.74) is 3.72. The molecule has 2 heterocycles. The number of imidazole rings is 1. The maximum Gasteiger partial charge on any atom is 0.137 e. The first-order chi connectivity index (χ1) is 10.2. The van der Waals surface area contributed by atoms with E-state index in [9.17, 15) is 5.11 Å². The highest BCUT2D eigenvalue weighted by molar-refractivity contribution is 6.30. The van der Waals surface area contributed by atoms with Crippen molar-refractivity contribution in [1.82, 2.24) is 9.38 Å². The van der Waals surface area contributed by atoms with Crippen molar-refractivity contribution in [3.05, 3.63) is 70.6 Å².